The van der Waals surface area contributed by atoms with Crippen molar-refractivity contribution in [2.24, 2.45) is 5.92 Å². The van der Waals surface area contributed by atoms with Crippen LogP contribution in [0.15, 0.2) is 24.3 Å². The monoisotopic (exact) mass is 375 g/mol. The van der Waals surface area contributed by atoms with Crippen molar-refractivity contribution in [3.63, 3.8) is 0 Å². The highest BCUT2D eigenvalue weighted by atomic mass is 35.5. The molecule has 2 atom stereocenters. The maximum atomic E-state index is 12.1. The van der Waals surface area contributed by atoms with Gasteiger partial charge in [0, 0.05) is 19.1 Å². The lowest BCUT2D eigenvalue weighted by atomic mass is 10.1. The first-order valence-corrected chi connectivity index (χ1v) is 8.10. The van der Waals surface area contributed by atoms with Crippen LogP contribution in [0.3, 0.4) is 0 Å². The highest BCUT2D eigenvalue weighted by molar-refractivity contribution is 5.85. The van der Waals surface area contributed by atoms with E-state index in [1.165, 1.54) is 12.0 Å². The quantitative estimate of drug-likeness (QED) is 0.790. The Morgan fingerprint density at radius 2 is 2.04 bits per heavy atom. The number of amides is 1. The van der Waals surface area contributed by atoms with Gasteiger partial charge in [0.2, 0.25) is 5.91 Å². The molecule has 0 unspecified atom stereocenters. The topological polar surface area (TPSA) is 53.6 Å². The molecule has 1 amide bonds. The summed E-state index contributed by atoms with van der Waals surface area (Å²) < 4.78 is 5.14. The van der Waals surface area contributed by atoms with Crippen LogP contribution in [0, 0.1) is 5.92 Å². The number of hydrogen-bond acceptors (Lipinski definition) is 4. The number of nitrogens with one attached hydrogen (secondary N) is 2. The Hall–Kier alpha value is -1.01. The molecule has 3 rings (SSSR count). The van der Waals surface area contributed by atoms with Crippen molar-refractivity contribution >= 4 is 30.7 Å². The summed E-state index contributed by atoms with van der Waals surface area (Å²) in [6.07, 6.45) is 2.07. The summed E-state index contributed by atoms with van der Waals surface area (Å²) in [5, 5.41) is 6.45. The molecule has 5 nitrogen and oxygen atoms in total. The van der Waals surface area contributed by atoms with Gasteiger partial charge in [0.1, 0.15) is 5.75 Å². The van der Waals surface area contributed by atoms with Crippen LogP contribution in [0.25, 0.3) is 0 Å². The van der Waals surface area contributed by atoms with E-state index < -0.39 is 0 Å². The summed E-state index contributed by atoms with van der Waals surface area (Å²) in [6.45, 7) is 4.42. The first-order valence-electron chi connectivity index (χ1n) is 8.10. The maximum Gasteiger partial charge on any atom is 0.234 e. The van der Waals surface area contributed by atoms with Crippen molar-refractivity contribution in [2.45, 2.75) is 18.9 Å². The fourth-order valence-electron chi connectivity index (χ4n) is 3.51. The van der Waals surface area contributed by atoms with Crippen molar-refractivity contribution in [1.82, 2.24) is 15.5 Å². The van der Waals surface area contributed by atoms with E-state index in [0.29, 0.717) is 19.1 Å². The van der Waals surface area contributed by atoms with Gasteiger partial charge in [0.25, 0.3) is 0 Å². The van der Waals surface area contributed by atoms with Crippen LogP contribution < -0.4 is 15.4 Å². The van der Waals surface area contributed by atoms with Crippen LogP contribution in [-0.2, 0) is 11.2 Å². The van der Waals surface area contributed by atoms with Gasteiger partial charge in [-0.3, -0.25) is 9.69 Å². The smallest absolute Gasteiger partial charge is 0.234 e. The summed E-state index contributed by atoms with van der Waals surface area (Å²) in [7, 11) is 1.66. The number of ether oxygens (including phenoxy) is 1. The van der Waals surface area contributed by atoms with Crippen LogP contribution in [0.5, 0.6) is 5.75 Å². The Morgan fingerprint density at radius 1 is 1.29 bits per heavy atom. The lowest BCUT2D eigenvalue weighted by molar-refractivity contribution is -0.122. The molecule has 0 saturated carbocycles. The zero-order valence-electron chi connectivity index (χ0n) is 14.0. The lowest BCUT2D eigenvalue weighted by Crippen LogP contribution is -2.42. The molecule has 2 heterocycles. The van der Waals surface area contributed by atoms with E-state index in [1.807, 2.05) is 24.3 Å². The van der Waals surface area contributed by atoms with E-state index >= 15 is 0 Å². The fourth-order valence-corrected chi connectivity index (χ4v) is 3.51. The van der Waals surface area contributed by atoms with E-state index in [0.717, 1.165) is 37.7 Å². The van der Waals surface area contributed by atoms with Gasteiger partial charge in [-0.25, -0.2) is 0 Å². The highest BCUT2D eigenvalue weighted by Crippen LogP contribution is 2.26. The van der Waals surface area contributed by atoms with Crippen LogP contribution in [0.2, 0.25) is 0 Å². The molecule has 1 aromatic rings. The third kappa shape index (κ3) is 5.24. The minimum Gasteiger partial charge on any atom is -0.497 e. The Morgan fingerprint density at radius 3 is 2.75 bits per heavy atom. The molecule has 2 fully saturated rings. The number of carbonyl (C=O) groups is 1. The number of halogens is 2. The lowest BCUT2D eigenvalue weighted by Gasteiger charge is -2.22. The minimum atomic E-state index is 0. The van der Waals surface area contributed by atoms with E-state index in [-0.39, 0.29) is 30.7 Å². The summed E-state index contributed by atoms with van der Waals surface area (Å²) in [5.41, 5.74) is 1.21. The number of rotatable bonds is 6. The third-order valence-electron chi connectivity index (χ3n) is 4.80. The summed E-state index contributed by atoms with van der Waals surface area (Å²) in [5.74, 6) is 1.75. The molecule has 2 aliphatic rings. The number of carbonyl (C=O) groups excluding carboxylic acids is 1. The second kappa shape index (κ2) is 10.1. The van der Waals surface area contributed by atoms with Gasteiger partial charge >= 0.3 is 0 Å². The van der Waals surface area contributed by atoms with Crippen LogP contribution in [-0.4, -0.2) is 56.7 Å². The molecule has 1 aromatic carbocycles. The van der Waals surface area contributed by atoms with Crippen LogP contribution in [0.1, 0.15) is 12.0 Å². The second-order valence-corrected chi connectivity index (χ2v) is 6.19. The molecule has 0 aliphatic carbocycles. The van der Waals surface area contributed by atoms with Crippen molar-refractivity contribution in [1.29, 1.82) is 0 Å². The molecule has 7 heteroatoms. The maximum absolute atomic E-state index is 12.1. The SMILES string of the molecule is COc1ccc(CCNC(=O)CN2CC[C@H]3CNC[C@H]32)cc1.Cl.Cl. The minimum absolute atomic E-state index is 0. The Kier molecular flexibility index (Phi) is 8.84. The van der Waals surface area contributed by atoms with Crippen LogP contribution >= 0.6 is 24.8 Å². The number of fused-ring (bicyclic) bond motifs is 1. The molecule has 2 saturated heterocycles. The Labute approximate surface area is 156 Å². The largest absolute Gasteiger partial charge is 0.497 e. The normalized spacial score (nSPS) is 22.2. The van der Waals surface area contributed by atoms with Crippen molar-refractivity contribution in [3.8, 4) is 5.75 Å². The fraction of sp³-hybridized carbons (Fsp3) is 0.588. The van der Waals surface area contributed by atoms with E-state index in [4.69, 9.17) is 4.74 Å². The average molecular weight is 376 g/mol. The molecule has 2 N–H and O–H groups in total. The zero-order chi connectivity index (χ0) is 15.4. The second-order valence-electron chi connectivity index (χ2n) is 6.19. The van der Waals surface area contributed by atoms with Gasteiger partial charge in [-0.15, -0.1) is 24.8 Å². The highest BCUT2D eigenvalue weighted by Gasteiger charge is 2.37. The average Bonchev–Trinajstić information content (AvgIpc) is 3.13. The number of likely N-dealkylation sites (tertiary alicyclic amines) is 1. The van der Waals surface area contributed by atoms with Crippen molar-refractivity contribution in [3.05, 3.63) is 29.8 Å². The Balaban J connectivity index is 0.00000144. The third-order valence-corrected chi connectivity index (χ3v) is 4.80. The van der Waals surface area contributed by atoms with E-state index in [2.05, 4.69) is 15.5 Å². The number of nitrogens with zero attached hydrogens (tertiary/aromatic N) is 1. The van der Waals surface area contributed by atoms with Crippen molar-refractivity contribution in [2.75, 3.05) is 39.8 Å². The molecule has 24 heavy (non-hydrogen) atoms. The molecular formula is C17H27Cl2N3O2. The zero-order valence-corrected chi connectivity index (χ0v) is 15.6. The molecule has 0 bridgehead atoms. The van der Waals surface area contributed by atoms with E-state index in [1.54, 1.807) is 7.11 Å². The summed E-state index contributed by atoms with van der Waals surface area (Å²) >= 11 is 0. The van der Waals surface area contributed by atoms with Gasteiger partial charge in [-0.2, -0.15) is 0 Å². The number of methoxy groups -OCH3 is 1. The molecule has 0 aromatic heterocycles. The summed E-state index contributed by atoms with van der Waals surface area (Å²) in [6, 6.07) is 8.55. The molecule has 0 spiro atoms. The molecular weight excluding hydrogens is 349 g/mol. The predicted octanol–water partition coefficient (Wildman–Crippen LogP) is 1.49. The first kappa shape index (κ1) is 21.0. The van der Waals surface area contributed by atoms with Gasteiger partial charge in [0.15, 0.2) is 0 Å². The van der Waals surface area contributed by atoms with Crippen LogP contribution in [0.4, 0.5) is 0 Å². The predicted molar refractivity (Wildman–Crippen MR) is 101 cm³/mol. The number of benzene rings is 1. The van der Waals surface area contributed by atoms with Crippen molar-refractivity contribution < 1.29 is 9.53 Å². The summed E-state index contributed by atoms with van der Waals surface area (Å²) in [4.78, 5) is 14.4. The number of hydrogen-bond donors (Lipinski definition) is 2. The molecule has 2 aliphatic heterocycles. The Bertz CT molecular complexity index is 513. The van der Waals surface area contributed by atoms with E-state index in [9.17, 15) is 4.79 Å². The van der Waals surface area contributed by atoms with Gasteiger partial charge in [-0.05, 0) is 49.5 Å². The van der Waals surface area contributed by atoms with Gasteiger partial charge in [0.05, 0.1) is 13.7 Å². The standard InChI is InChI=1S/C17H25N3O2.2ClH/c1-22-15-4-2-13(3-5-15)6-8-19-17(21)12-20-9-7-14-10-18-11-16(14)20;;/h2-5,14,16,18H,6-12H2,1H3,(H,19,21);2*1H/t14-,16+;;/m0../s1. The van der Waals surface area contributed by atoms with Gasteiger partial charge < -0.3 is 15.4 Å². The molecule has 136 valence electrons. The molecule has 0 radical (unpaired) electrons. The van der Waals surface area contributed by atoms with Gasteiger partial charge in [-0.1, -0.05) is 12.1 Å². The first-order chi connectivity index (χ1) is 10.8.